The number of hydrogen-bond acceptors (Lipinski definition) is 20. The maximum Gasteiger partial charge on any atom is 0.354 e. The number of carbonyl (C=O) groups is 4. The number of nitrogens with zero attached hydrogens (tertiary/aromatic N) is 12. The van der Waals surface area contributed by atoms with E-state index in [2.05, 4.69) is 111 Å². The van der Waals surface area contributed by atoms with Gasteiger partial charge in [-0.3, -0.25) is 0 Å². The van der Waals surface area contributed by atoms with E-state index in [4.69, 9.17) is 58.5 Å². The number of aromatic nitrogens is 8. The highest BCUT2D eigenvalue weighted by Crippen LogP contribution is 2.49. The number of nitrogens with two attached hydrogens (primary N) is 4. The minimum absolute atomic E-state index is 0.120. The lowest BCUT2D eigenvalue weighted by molar-refractivity contribution is 0.0165. The first-order valence-electron chi connectivity index (χ1n) is 42.5. The maximum atomic E-state index is 13.2. The quantitative estimate of drug-likeness (QED) is 0.0563. The normalized spacial score (nSPS) is 23.3. The fraction of sp³-hybridized carbons (Fsp3) is 0.524. The molecule has 8 aromatic rings. The zero-order valence-corrected chi connectivity index (χ0v) is 74.1. The summed E-state index contributed by atoms with van der Waals surface area (Å²) in [5.74, 6) is 2.54. The van der Waals surface area contributed by atoms with Gasteiger partial charge in [0.05, 0.1) is 51.0 Å². The first kappa shape index (κ1) is 86.4. The molecule has 0 radical (unpaired) electrons. The third kappa shape index (κ3) is 17.0. The number of methoxy groups -OCH3 is 4. The molecule has 12 aliphatic rings. The van der Waals surface area contributed by atoms with E-state index >= 15 is 0 Å². The van der Waals surface area contributed by atoms with Crippen LogP contribution in [0.5, 0.6) is 23.5 Å². The number of rotatable bonds is 12. The molecule has 12 atom stereocenters. The lowest BCUT2D eigenvalue weighted by Crippen LogP contribution is -2.32. The molecule has 8 aliphatic carbocycles. The second-order valence-electron chi connectivity index (χ2n) is 34.0. The van der Waals surface area contributed by atoms with Gasteiger partial charge in [-0.1, -0.05) is 52.0 Å². The second-order valence-corrected chi connectivity index (χ2v) is 41.1. The van der Waals surface area contributed by atoms with Gasteiger partial charge in [-0.15, -0.1) is 17.5 Å². The van der Waals surface area contributed by atoms with Gasteiger partial charge in [0.25, 0.3) is 0 Å². The molecule has 20 rings (SSSR count). The van der Waals surface area contributed by atoms with Crippen LogP contribution in [0.15, 0.2) is 86.1 Å². The Morgan fingerprint density at radius 3 is 0.758 bits per heavy atom. The maximum absolute atomic E-state index is 13.2. The standard InChI is InChI=1S/4C21H27N5O4S/c4*1-12-6-7-14-8-13-4-3-5-16(13)19(18(12)14)24-21(27)25-31(22,28)17-9-23-26-10-15(29-2)11-30-20(17)26/h4*8-9,12,15H,3-7,10-11H2,1-2H3,(H3,22,24,25,27,28)/t2*12-,15+,31?;2*12-,15-,31?/m1100/s1. The summed E-state index contributed by atoms with van der Waals surface area (Å²) in [7, 11) is -7.76. The van der Waals surface area contributed by atoms with E-state index < -0.39 is 63.8 Å². The number of nitrogens with one attached hydrogen (secondary N) is 4. The summed E-state index contributed by atoms with van der Waals surface area (Å²) in [6.45, 7) is 11.7. The lowest BCUT2D eigenvalue weighted by Gasteiger charge is -2.23. The molecule has 4 aromatic carbocycles. The zero-order chi connectivity index (χ0) is 87.0. The number of fused-ring (bicyclic) bond motifs is 12. The number of hydrogen-bond donors (Lipinski definition) is 8. The second kappa shape index (κ2) is 34.9. The summed E-state index contributed by atoms with van der Waals surface area (Å²) in [6.07, 6.45) is 25.2. The Balaban J connectivity index is 0.000000117. The van der Waals surface area contributed by atoms with Crippen LogP contribution in [0.2, 0.25) is 0 Å². The topological polar surface area (TPSA) is 483 Å². The minimum atomic E-state index is -3.53. The van der Waals surface area contributed by atoms with Crippen LogP contribution in [0.1, 0.15) is 192 Å². The van der Waals surface area contributed by atoms with Crippen molar-refractivity contribution in [3.05, 3.63) is 138 Å². The number of ether oxygens (including phenoxy) is 8. The molecular formula is C84H108N20O16S4. The Morgan fingerprint density at radius 2 is 0.556 bits per heavy atom. The molecule has 4 aromatic heterocycles. The van der Waals surface area contributed by atoms with E-state index in [1.807, 2.05) is 0 Å². The summed E-state index contributed by atoms with van der Waals surface area (Å²) in [6, 6.07) is 6.35. The van der Waals surface area contributed by atoms with Gasteiger partial charge in [-0.2, -0.15) is 20.4 Å². The van der Waals surface area contributed by atoms with E-state index in [0.29, 0.717) is 49.9 Å². The molecule has 0 fully saturated rings. The van der Waals surface area contributed by atoms with E-state index in [1.54, 1.807) is 28.4 Å². The number of aryl methyl sites for hydroxylation is 8. The van der Waals surface area contributed by atoms with Crippen molar-refractivity contribution in [2.75, 3.05) is 76.1 Å². The number of anilines is 4. The van der Waals surface area contributed by atoms with Crippen molar-refractivity contribution in [1.29, 1.82) is 0 Å². The Labute approximate surface area is 720 Å². The predicted octanol–water partition coefficient (Wildman–Crippen LogP) is 11.0. The Hall–Kier alpha value is -9.72. The third-order valence-electron chi connectivity index (χ3n) is 26.0. The van der Waals surface area contributed by atoms with E-state index in [-0.39, 0.29) is 93.9 Å². The molecule has 4 aliphatic heterocycles. The van der Waals surface area contributed by atoms with Gasteiger partial charge >= 0.3 is 24.1 Å². The van der Waals surface area contributed by atoms with Gasteiger partial charge in [0, 0.05) is 51.2 Å². The summed E-state index contributed by atoms with van der Waals surface area (Å²) >= 11 is 0. The van der Waals surface area contributed by atoms with Crippen LogP contribution in [0, 0.1) is 0 Å². The summed E-state index contributed by atoms with van der Waals surface area (Å²) in [5.41, 5.74) is 23.2. The largest absolute Gasteiger partial charge is 0.474 e. The molecule has 8 amide bonds. The van der Waals surface area contributed by atoms with Gasteiger partial charge in [0.2, 0.25) is 23.5 Å². The highest BCUT2D eigenvalue weighted by molar-refractivity contribution is 7.92. The van der Waals surface area contributed by atoms with Gasteiger partial charge in [-0.05, 0) is 241 Å². The molecule has 4 unspecified atom stereocenters. The molecule has 0 saturated heterocycles. The highest BCUT2D eigenvalue weighted by Gasteiger charge is 2.39. The number of urea groups is 4. The van der Waals surface area contributed by atoms with Gasteiger partial charge < -0.3 is 59.2 Å². The third-order valence-corrected chi connectivity index (χ3v) is 31.4. The lowest BCUT2D eigenvalue weighted by atomic mass is 9.95. The number of benzene rings is 4. The summed E-state index contributed by atoms with van der Waals surface area (Å²) in [5, 5.41) is 52.5. The molecule has 0 bridgehead atoms. The fourth-order valence-corrected chi connectivity index (χ4v) is 23.8. The van der Waals surface area contributed by atoms with Crippen molar-refractivity contribution in [1.82, 2.24) is 39.1 Å². The van der Waals surface area contributed by atoms with Crippen LogP contribution in [-0.2, 0) is 162 Å². The Kier molecular flexibility index (Phi) is 24.3. The Bertz CT molecular complexity index is 5460. The molecule has 12 N–H and O–H groups in total. The number of carbonyl (C=O) groups excluding carboxylic acids is 4. The van der Waals surface area contributed by atoms with E-state index in [0.717, 1.165) is 151 Å². The molecule has 0 saturated carbocycles. The van der Waals surface area contributed by atoms with Crippen LogP contribution in [0.4, 0.5) is 41.9 Å². The SMILES string of the molecule is CO[C@@H]1COc2c(S(N)(=O)=NC(=O)Nc3c4c(cc5c3[C@@H](C)CC5)CCC4)cnn2C1.CO[C@@H]1COc2c(S(N)(=O)=NC(=O)Nc3c4c(cc5c3[C@@H](C)CC5)CCC4)cnn2C1.CO[C@@H]1COc2c(S(N)(=O)=NC(=O)Nc3c4c(cc5c3[C@H](C)CC5)CCC4)cnn2C1.CO[C@@H]1COc2c(S(N)(=O)=NC(=O)Nc3c4c(cc5c3[C@H](C)CC5)CCC4)cnn2C1. The molecule has 664 valence electrons. The zero-order valence-electron chi connectivity index (χ0n) is 70.9. The van der Waals surface area contributed by atoms with Crippen molar-refractivity contribution in [2.45, 2.75) is 250 Å². The van der Waals surface area contributed by atoms with Crippen molar-refractivity contribution >= 4 is 86.5 Å². The van der Waals surface area contributed by atoms with Gasteiger partial charge in [-0.25, -0.2) is 75.3 Å². The molecule has 0 spiro atoms. The molecule has 40 heteroatoms. The molecule has 36 nitrogen and oxygen atoms in total. The average molecular weight is 1780 g/mol. The van der Waals surface area contributed by atoms with E-state index in [9.17, 15) is 36.0 Å². The first-order valence-corrected chi connectivity index (χ1v) is 48.8. The Morgan fingerprint density at radius 1 is 0.347 bits per heavy atom. The first-order chi connectivity index (χ1) is 59.5. The number of amides is 8. The minimum Gasteiger partial charge on any atom is -0.474 e. The van der Waals surface area contributed by atoms with Gasteiger partial charge in [0.15, 0.2) is 39.7 Å². The smallest absolute Gasteiger partial charge is 0.354 e. The molecular weight excluding hydrogens is 1670 g/mol. The van der Waals surface area contributed by atoms with Gasteiger partial charge in [0.1, 0.15) is 70.4 Å². The monoisotopic (exact) mass is 1780 g/mol. The van der Waals surface area contributed by atoms with Crippen molar-refractivity contribution in [2.24, 2.45) is 38.0 Å². The fourth-order valence-electron chi connectivity index (χ4n) is 19.8. The average Bonchev–Trinajstić information content (AvgIpc) is 1.61. The van der Waals surface area contributed by atoms with Crippen LogP contribution in [0.25, 0.3) is 0 Å². The summed E-state index contributed by atoms with van der Waals surface area (Å²) < 4.78 is 118. The molecule has 124 heavy (non-hydrogen) atoms. The van der Waals surface area contributed by atoms with Crippen LogP contribution in [-0.4, -0.2) is 159 Å². The summed E-state index contributed by atoms with van der Waals surface area (Å²) in [4.78, 5) is 52.0. The van der Waals surface area contributed by atoms with Crippen LogP contribution >= 0.6 is 0 Å². The highest BCUT2D eigenvalue weighted by atomic mass is 32.2. The van der Waals surface area contributed by atoms with Crippen molar-refractivity contribution in [3.63, 3.8) is 0 Å². The van der Waals surface area contributed by atoms with Crippen molar-refractivity contribution in [3.8, 4) is 23.5 Å². The van der Waals surface area contributed by atoms with Crippen molar-refractivity contribution < 1.29 is 73.9 Å². The van der Waals surface area contributed by atoms with Crippen LogP contribution < -0.4 is 60.8 Å². The predicted molar refractivity (Wildman–Crippen MR) is 463 cm³/mol. The molecule has 8 heterocycles. The van der Waals surface area contributed by atoms with E-state index in [1.165, 1.54) is 133 Å². The van der Waals surface area contributed by atoms with Crippen LogP contribution in [0.3, 0.4) is 0 Å².